The molecule has 1 fully saturated rings. The van der Waals surface area contributed by atoms with Crippen LogP contribution in [-0.4, -0.2) is 75.8 Å². The quantitative estimate of drug-likeness (QED) is 0.0992. The number of piperidine rings is 1. The van der Waals surface area contributed by atoms with Gasteiger partial charge in [-0.25, -0.2) is 0 Å². The van der Waals surface area contributed by atoms with Gasteiger partial charge in [0.2, 0.25) is 11.8 Å². The molecule has 50 heavy (non-hydrogen) atoms. The van der Waals surface area contributed by atoms with Crippen LogP contribution in [0.1, 0.15) is 62.2 Å². The summed E-state index contributed by atoms with van der Waals surface area (Å²) >= 11 is 6.26. The maximum Gasteiger partial charge on any atom is 0.262 e. The van der Waals surface area contributed by atoms with Crippen LogP contribution >= 0.6 is 11.6 Å². The van der Waals surface area contributed by atoms with Gasteiger partial charge in [-0.05, 0) is 102 Å². The number of amides is 4. The Morgan fingerprint density at radius 2 is 1.44 bits per heavy atom. The number of alkyl halides is 1. The maximum absolute atomic E-state index is 13.2. The molecule has 0 spiro atoms. The lowest BCUT2D eigenvalue weighted by atomic mass is 9.88. The van der Waals surface area contributed by atoms with Crippen LogP contribution in [0.4, 0.5) is 0 Å². The van der Waals surface area contributed by atoms with Crippen molar-refractivity contribution in [3.05, 3.63) is 124 Å². The Hall–Kier alpha value is -5.45. The third-order valence-electron chi connectivity index (χ3n) is 8.86. The molecule has 0 aromatic heterocycles. The fourth-order valence-corrected chi connectivity index (χ4v) is 6.55. The van der Waals surface area contributed by atoms with E-state index in [1.54, 1.807) is 42.5 Å². The van der Waals surface area contributed by atoms with Crippen LogP contribution in [0, 0.1) is 0 Å². The van der Waals surface area contributed by atoms with Crippen LogP contribution in [0.2, 0.25) is 0 Å². The van der Waals surface area contributed by atoms with Gasteiger partial charge in [-0.2, -0.15) is 0 Å². The van der Waals surface area contributed by atoms with Gasteiger partial charge < -0.3 is 14.9 Å². The van der Waals surface area contributed by atoms with Crippen LogP contribution < -0.4 is 10.1 Å². The van der Waals surface area contributed by atoms with Crippen molar-refractivity contribution in [3.8, 4) is 17.2 Å². The maximum atomic E-state index is 13.2. The highest BCUT2D eigenvalue weighted by molar-refractivity contribution is 6.23. The van der Waals surface area contributed by atoms with Crippen LogP contribution in [0.5, 0.6) is 17.2 Å². The standard InChI is InChI=1S/C39H36ClN3O7/c1-42(23-24-2-15-32-33(22-24)39(49)43(38(32)48)34-16-17-35(46)41-37(34)47)20-21-50-30-13-7-27(8-14-30)36(26-5-11-29(45)12-6-26)31(18-19-40)25-3-9-28(44)10-4-25/h2-15,22,34,44-45H,16-21,23H2,1H3,(H,41,46,47). The molecule has 256 valence electrons. The zero-order chi connectivity index (χ0) is 35.4. The van der Waals surface area contributed by atoms with Gasteiger partial charge in [-0.3, -0.25) is 34.3 Å². The molecule has 6 rings (SSSR count). The molecule has 0 radical (unpaired) electrons. The summed E-state index contributed by atoms with van der Waals surface area (Å²) in [4.78, 5) is 53.1. The minimum absolute atomic E-state index is 0.0699. The van der Waals surface area contributed by atoms with Gasteiger partial charge in [0, 0.05) is 25.4 Å². The smallest absolute Gasteiger partial charge is 0.262 e. The van der Waals surface area contributed by atoms with E-state index in [0.29, 0.717) is 37.7 Å². The highest BCUT2D eigenvalue weighted by atomic mass is 35.5. The van der Waals surface area contributed by atoms with E-state index in [0.717, 1.165) is 38.3 Å². The first kappa shape index (κ1) is 34.4. The predicted octanol–water partition coefficient (Wildman–Crippen LogP) is 5.60. The van der Waals surface area contributed by atoms with Gasteiger partial charge in [0.15, 0.2) is 0 Å². The number of nitrogens with zero attached hydrogens (tertiary/aromatic N) is 2. The van der Waals surface area contributed by atoms with Crippen molar-refractivity contribution in [1.29, 1.82) is 0 Å². The molecule has 4 aromatic rings. The first-order valence-electron chi connectivity index (χ1n) is 16.3. The Bertz CT molecular complexity index is 1960. The highest BCUT2D eigenvalue weighted by Crippen LogP contribution is 2.36. The van der Waals surface area contributed by atoms with E-state index in [1.165, 1.54) is 0 Å². The van der Waals surface area contributed by atoms with Gasteiger partial charge >= 0.3 is 0 Å². The number of carbonyl (C=O) groups is 4. The van der Waals surface area contributed by atoms with Crippen LogP contribution in [0.25, 0.3) is 11.1 Å². The zero-order valence-corrected chi connectivity index (χ0v) is 28.2. The molecular formula is C39H36ClN3O7. The number of benzene rings is 4. The van der Waals surface area contributed by atoms with Crippen molar-refractivity contribution in [1.82, 2.24) is 15.1 Å². The minimum atomic E-state index is -1.00. The second kappa shape index (κ2) is 15.0. The van der Waals surface area contributed by atoms with E-state index in [-0.39, 0.29) is 35.5 Å². The number of likely N-dealkylation sites (N-methyl/N-ethyl adjacent to an activating group) is 1. The predicted molar refractivity (Wildman–Crippen MR) is 189 cm³/mol. The molecule has 2 aliphatic heterocycles. The number of hydrogen-bond acceptors (Lipinski definition) is 8. The van der Waals surface area contributed by atoms with Crippen molar-refractivity contribution >= 4 is 46.4 Å². The average Bonchev–Trinajstić information content (AvgIpc) is 3.34. The number of halogens is 1. The van der Waals surface area contributed by atoms with Gasteiger partial charge in [-0.15, -0.1) is 11.6 Å². The number of ether oxygens (including phenoxy) is 1. The zero-order valence-electron chi connectivity index (χ0n) is 27.4. The molecule has 2 heterocycles. The van der Waals surface area contributed by atoms with Crippen molar-refractivity contribution in [3.63, 3.8) is 0 Å². The molecule has 4 amide bonds. The van der Waals surface area contributed by atoms with Crippen LogP contribution in [0.3, 0.4) is 0 Å². The first-order valence-corrected chi connectivity index (χ1v) is 16.8. The van der Waals surface area contributed by atoms with Crippen molar-refractivity contribution in [2.45, 2.75) is 31.8 Å². The first-order chi connectivity index (χ1) is 24.1. The molecule has 1 saturated heterocycles. The minimum Gasteiger partial charge on any atom is -0.508 e. The lowest BCUT2D eigenvalue weighted by molar-refractivity contribution is -0.136. The number of fused-ring (bicyclic) bond motifs is 1. The molecule has 1 unspecified atom stereocenters. The van der Waals surface area contributed by atoms with Crippen LogP contribution in [-0.2, 0) is 16.1 Å². The number of allylic oxidation sites excluding steroid dienone is 1. The summed E-state index contributed by atoms with van der Waals surface area (Å²) in [7, 11) is 1.93. The number of nitrogens with one attached hydrogen (secondary N) is 1. The second-order valence-electron chi connectivity index (χ2n) is 12.3. The second-order valence-corrected chi connectivity index (χ2v) is 12.7. The normalized spacial score (nSPS) is 16.4. The summed E-state index contributed by atoms with van der Waals surface area (Å²) in [6.45, 7) is 1.47. The molecule has 3 N–H and O–H groups in total. The lowest BCUT2D eigenvalue weighted by Gasteiger charge is -2.27. The summed E-state index contributed by atoms with van der Waals surface area (Å²) in [5, 5.41) is 22.0. The van der Waals surface area contributed by atoms with Crippen molar-refractivity contribution < 1.29 is 34.1 Å². The van der Waals surface area contributed by atoms with Crippen LogP contribution in [0.15, 0.2) is 91.0 Å². The number of imide groups is 2. The highest BCUT2D eigenvalue weighted by Gasteiger charge is 2.44. The third kappa shape index (κ3) is 7.41. The molecule has 11 heteroatoms. The van der Waals surface area contributed by atoms with Gasteiger partial charge in [0.25, 0.3) is 11.8 Å². The summed E-state index contributed by atoms with van der Waals surface area (Å²) < 4.78 is 6.07. The van der Waals surface area contributed by atoms with Gasteiger partial charge in [0.05, 0.1) is 11.1 Å². The van der Waals surface area contributed by atoms with E-state index in [4.69, 9.17) is 16.3 Å². The van der Waals surface area contributed by atoms with E-state index >= 15 is 0 Å². The molecule has 2 aliphatic rings. The Morgan fingerprint density at radius 1 is 0.840 bits per heavy atom. The van der Waals surface area contributed by atoms with E-state index in [9.17, 15) is 29.4 Å². The Labute approximate surface area is 294 Å². The fraction of sp³-hybridized carbons (Fsp3) is 0.231. The molecule has 4 aromatic carbocycles. The Morgan fingerprint density at radius 3 is 2.06 bits per heavy atom. The number of aromatic hydroxyl groups is 2. The molecule has 10 nitrogen and oxygen atoms in total. The molecule has 0 bridgehead atoms. The summed E-state index contributed by atoms with van der Waals surface area (Å²) in [5.41, 5.74) is 6.07. The number of phenols is 2. The summed E-state index contributed by atoms with van der Waals surface area (Å²) in [6.07, 6.45) is 0.764. The van der Waals surface area contributed by atoms with E-state index in [1.807, 2.05) is 60.5 Å². The average molecular weight is 694 g/mol. The van der Waals surface area contributed by atoms with E-state index in [2.05, 4.69) is 5.32 Å². The fourth-order valence-electron chi connectivity index (χ4n) is 6.36. The number of hydrogen-bond donors (Lipinski definition) is 3. The SMILES string of the molecule is CN(CCOc1ccc(C(=C(CCCl)c2ccc(O)cc2)c2ccc(O)cc2)cc1)Cc1ccc2c(c1)C(=O)N(C1CCC(=O)NC1=O)C2=O. The topological polar surface area (TPSA) is 136 Å². The number of carbonyl (C=O) groups excluding carboxylic acids is 4. The summed E-state index contributed by atoms with van der Waals surface area (Å²) in [5.74, 6) is -0.679. The molecule has 0 aliphatic carbocycles. The molecule has 0 saturated carbocycles. The Balaban J connectivity index is 1.11. The molecule has 1 atom stereocenters. The van der Waals surface area contributed by atoms with Gasteiger partial charge in [-0.1, -0.05) is 42.5 Å². The van der Waals surface area contributed by atoms with Crippen molar-refractivity contribution in [2.75, 3.05) is 26.1 Å². The van der Waals surface area contributed by atoms with Gasteiger partial charge in [0.1, 0.15) is 29.9 Å². The van der Waals surface area contributed by atoms with Crippen molar-refractivity contribution in [2.24, 2.45) is 0 Å². The lowest BCUT2D eigenvalue weighted by Crippen LogP contribution is -2.54. The number of phenolic OH excluding ortho intramolecular Hbond substituents is 2. The molecular weight excluding hydrogens is 658 g/mol. The largest absolute Gasteiger partial charge is 0.508 e. The summed E-state index contributed by atoms with van der Waals surface area (Å²) in [6, 6.07) is 25.9. The number of rotatable bonds is 12. The monoisotopic (exact) mass is 693 g/mol. The third-order valence-corrected chi connectivity index (χ3v) is 9.05. The van der Waals surface area contributed by atoms with E-state index < -0.39 is 29.7 Å². The Kier molecular flexibility index (Phi) is 10.3.